The molecule has 1 aromatic rings. The molecule has 0 aromatic carbocycles. The molecule has 0 unspecified atom stereocenters. The fraction of sp³-hybridized carbons (Fsp3) is 0. The lowest BCUT2D eigenvalue weighted by Crippen LogP contribution is -3.00. The molecule has 1 N–H and O–H groups in total. The Labute approximate surface area is 59.2 Å². The molecule has 0 amide bonds. The molecule has 1 heterocycles. The van der Waals surface area contributed by atoms with Crippen LogP contribution >= 0.6 is 0 Å². The highest BCUT2D eigenvalue weighted by Gasteiger charge is 1.93. The first-order chi connectivity index (χ1) is 3.83. The van der Waals surface area contributed by atoms with Crippen molar-refractivity contribution >= 4 is 6.20 Å². The van der Waals surface area contributed by atoms with Crippen molar-refractivity contribution in [3.8, 4) is 0 Å². The fourth-order valence-corrected chi connectivity index (χ4v) is 0.467. The molecular formula is C5H7ClN2O. The van der Waals surface area contributed by atoms with Gasteiger partial charge in [-0.25, -0.2) is 4.57 Å². The van der Waals surface area contributed by atoms with Gasteiger partial charge in [-0.05, 0) is 0 Å². The van der Waals surface area contributed by atoms with Gasteiger partial charge in [-0.3, -0.25) is 0 Å². The Morgan fingerprint density at radius 1 is 1.67 bits per heavy atom. The first-order valence-corrected chi connectivity index (χ1v) is 2.23. The molecule has 0 spiro atoms. The average molecular weight is 147 g/mol. The van der Waals surface area contributed by atoms with Crippen LogP contribution in [0.3, 0.4) is 0 Å². The van der Waals surface area contributed by atoms with Gasteiger partial charge in [0.15, 0.2) is 6.20 Å². The van der Waals surface area contributed by atoms with E-state index in [2.05, 4.69) is 6.58 Å². The number of imidazole rings is 1. The molecule has 0 atom stereocenters. The summed E-state index contributed by atoms with van der Waals surface area (Å²) in [4.78, 5) is 0. The zero-order valence-electron chi connectivity index (χ0n) is 4.74. The van der Waals surface area contributed by atoms with Crippen LogP contribution in [-0.4, -0.2) is 9.94 Å². The van der Waals surface area contributed by atoms with E-state index in [4.69, 9.17) is 5.21 Å². The third-order valence-corrected chi connectivity index (χ3v) is 0.854. The van der Waals surface area contributed by atoms with E-state index in [-0.39, 0.29) is 12.4 Å². The van der Waals surface area contributed by atoms with Crippen LogP contribution in [0, 0.1) is 0 Å². The summed E-state index contributed by atoms with van der Waals surface area (Å²) in [5.41, 5.74) is 0. The number of rotatable bonds is 1. The Kier molecular flexibility index (Phi) is 2.81. The quantitative estimate of drug-likeness (QED) is 0.335. The second-order valence-electron chi connectivity index (χ2n) is 1.42. The second-order valence-corrected chi connectivity index (χ2v) is 1.42. The van der Waals surface area contributed by atoms with Gasteiger partial charge in [0.05, 0.1) is 6.20 Å². The SMILES string of the molecule is C=C[n+]1ccn(O)c1.[Cl-]. The Morgan fingerprint density at radius 3 is 2.56 bits per heavy atom. The monoisotopic (exact) mass is 146 g/mol. The smallest absolute Gasteiger partial charge is 0.288 e. The van der Waals surface area contributed by atoms with Crippen molar-refractivity contribution in [2.45, 2.75) is 0 Å². The maximum atomic E-state index is 8.63. The number of nitrogens with zero attached hydrogens (tertiary/aromatic N) is 2. The van der Waals surface area contributed by atoms with Gasteiger partial charge in [0.1, 0.15) is 6.20 Å². The number of halogens is 1. The van der Waals surface area contributed by atoms with Crippen LogP contribution in [0.1, 0.15) is 0 Å². The second kappa shape index (κ2) is 3.14. The Hall–Kier alpha value is -0.960. The lowest BCUT2D eigenvalue weighted by Gasteiger charge is -1.73. The predicted molar refractivity (Wildman–Crippen MR) is 28.2 cm³/mol. The zero-order valence-corrected chi connectivity index (χ0v) is 5.49. The summed E-state index contributed by atoms with van der Waals surface area (Å²) in [6.07, 6.45) is 6.29. The minimum absolute atomic E-state index is 0. The first kappa shape index (κ1) is 8.04. The molecule has 3 nitrogen and oxygen atoms in total. The summed E-state index contributed by atoms with van der Waals surface area (Å²) in [6, 6.07) is 0. The maximum Gasteiger partial charge on any atom is 0.288 e. The molecule has 0 saturated heterocycles. The van der Waals surface area contributed by atoms with Crippen LogP contribution in [-0.2, 0) is 0 Å². The number of hydrogen-bond donors (Lipinski definition) is 1. The van der Waals surface area contributed by atoms with Crippen LogP contribution in [0.25, 0.3) is 6.20 Å². The fourth-order valence-electron chi connectivity index (χ4n) is 0.467. The highest BCUT2D eigenvalue weighted by atomic mass is 35.5. The molecule has 1 rings (SSSR count). The molecule has 0 aliphatic carbocycles. The van der Waals surface area contributed by atoms with Crippen LogP contribution in [0.5, 0.6) is 0 Å². The minimum atomic E-state index is 0. The van der Waals surface area contributed by atoms with Gasteiger partial charge in [-0.1, -0.05) is 11.3 Å². The molecule has 0 fully saturated rings. The van der Waals surface area contributed by atoms with Crippen molar-refractivity contribution in [1.29, 1.82) is 0 Å². The third kappa shape index (κ3) is 1.77. The largest absolute Gasteiger partial charge is 1.00 e. The summed E-state index contributed by atoms with van der Waals surface area (Å²) in [7, 11) is 0. The summed E-state index contributed by atoms with van der Waals surface area (Å²) >= 11 is 0. The maximum absolute atomic E-state index is 8.63. The predicted octanol–water partition coefficient (Wildman–Crippen LogP) is -2.88. The lowest BCUT2D eigenvalue weighted by molar-refractivity contribution is -0.568. The molecule has 50 valence electrons. The molecule has 4 heteroatoms. The van der Waals surface area contributed by atoms with E-state index in [1.54, 1.807) is 17.0 Å². The van der Waals surface area contributed by atoms with Gasteiger partial charge in [0.2, 0.25) is 0 Å². The molecule has 0 aliphatic heterocycles. The van der Waals surface area contributed by atoms with E-state index in [1.165, 1.54) is 12.5 Å². The van der Waals surface area contributed by atoms with Gasteiger partial charge < -0.3 is 17.6 Å². The lowest BCUT2D eigenvalue weighted by atomic mass is 10.9. The van der Waals surface area contributed by atoms with E-state index >= 15 is 0 Å². The first-order valence-electron chi connectivity index (χ1n) is 2.23. The van der Waals surface area contributed by atoms with Crippen LogP contribution in [0.2, 0.25) is 0 Å². The minimum Gasteiger partial charge on any atom is -1.00 e. The molecular weight excluding hydrogens is 140 g/mol. The highest BCUT2D eigenvalue weighted by Crippen LogP contribution is 1.73. The summed E-state index contributed by atoms with van der Waals surface area (Å²) in [6.45, 7) is 3.48. The molecule has 0 saturated carbocycles. The molecule has 0 radical (unpaired) electrons. The third-order valence-electron chi connectivity index (χ3n) is 0.854. The van der Waals surface area contributed by atoms with Crippen molar-refractivity contribution in [3.05, 3.63) is 25.3 Å². The molecule has 1 aromatic heterocycles. The van der Waals surface area contributed by atoms with Gasteiger partial charge in [-0.15, -0.1) is 0 Å². The van der Waals surface area contributed by atoms with Crippen LogP contribution in [0.4, 0.5) is 0 Å². The average Bonchev–Trinajstić information content (AvgIpc) is 2.14. The molecule has 0 aliphatic rings. The van der Waals surface area contributed by atoms with Crippen molar-refractivity contribution in [1.82, 2.24) is 4.73 Å². The topological polar surface area (TPSA) is 29.0 Å². The Balaban J connectivity index is 0.000000640. The van der Waals surface area contributed by atoms with Crippen molar-refractivity contribution in [2.75, 3.05) is 0 Å². The molecule has 9 heavy (non-hydrogen) atoms. The van der Waals surface area contributed by atoms with Crippen LogP contribution < -0.4 is 17.0 Å². The summed E-state index contributed by atoms with van der Waals surface area (Å²) in [5, 5.41) is 8.63. The Bertz CT molecular complexity index is 197. The van der Waals surface area contributed by atoms with E-state index < -0.39 is 0 Å². The van der Waals surface area contributed by atoms with Crippen molar-refractivity contribution in [2.24, 2.45) is 0 Å². The van der Waals surface area contributed by atoms with Crippen LogP contribution in [0.15, 0.2) is 25.3 Å². The van der Waals surface area contributed by atoms with Gasteiger partial charge in [0, 0.05) is 0 Å². The number of aromatic nitrogens is 2. The standard InChI is InChI=1S/C5H7N2O.ClH/c1-2-6-3-4-7(8)5-6;/h2-5,8H,1H2;1H/q+1;/p-1. The number of hydrogen-bond acceptors (Lipinski definition) is 1. The van der Waals surface area contributed by atoms with E-state index in [0.29, 0.717) is 0 Å². The summed E-state index contributed by atoms with van der Waals surface area (Å²) < 4.78 is 2.60. The van der Waals surface area contributed by atoms with Gasteiger partial charge >= 0.3 is 0 Å². The highest BCUT2D eigenvalue weighted by molar-refractivity contribution is 4.94. The van der Waals surface area contributed by atoms with Crippen molar-refractivity contribution in [3.63, 3.8) is 0 Å². The zero-order chi connectivity index (χ0) is 5.98. The van der Waals surface area contributed by atoms with Gasteiger partial charge in [0.25, 0.3) is 6.33 Å². The van der Waals surface area contributed by atoms with Crippen molar-refractivity contribution < 1.29 is 22.2 Å². The van der Waals surface area contributed by atoms with Gasteiger partial charge in [-0.2, -0.15) is 0 Å². The van der Waals surface area contributed by atoms with E-state index in [9.17, 15) is 0 Å². The van der Waals surface area contributed by atoms with E-state index in [0.717, 1.165) is 4.73 Å². The Morgan fingerprint density at radius 2 is 2.33 bits per heavy atom. The van der Waals surface area contributed by atoms with E-state index in [1.807, 2.05) is 0 Å². The summed E-state index contributed by atoms with van der Waals surface area (Å²) in [5.74, 6) is 0. The normalized spacial score (nSPS) is 8.00. The molecule has 0 bridgehead atoms.